The SMILES string of the molecule is O=C(Nc1nnc(-c2ccccc2)o1)C(SC(=S)N1CCCC1)c1ccccc1. The quantitative estimate of drug-likeness (QED) is 0.603. The van der Waals surface area contributed by atoms with Crippen LogP contribution in [0.1, 0.15) is 23.7 Å². The number of carbonyl (C=O) groups excluding carboxylic acids is 1. The fourth-order valence-corrected chi connectivity index (χ4v) is 4.58. The third-order valence-electron chi connectivity index (χ3n) is 4.60. The zero-order valence-electron chi connectivity index (χ0n) is 15.7. The van der Waals surface area contributed by atoms with Crippen molar-refractivity contribution < 1.29 is 9.21 Å². The Morgan fingerprint density at radius 1 is 1.03 bits per heavy atom. The van der Waals surface area contributed by atoms with Gasteiger partial charge in [0.15, 0.2) is 0 Å². The van der Waals surface area contributed by atoms with Crippen LogP contribution in [0.25, 0.3) is 11.5 Å². The first-order valence-corrected chi connectivity index (χ1v) is 10.7. The molecule has 1 atom stereocenters. The van der Waals surface area contributed by atoms with Gasteiger partial charge in [-0.1, -0.05) is 77.6 Å². The minimum atomic E-state index is -0.503. The number of carbonyl (C=O) groups is 1. The molecule has 1 aliphatic rings. The molecule has 29 heavy (non-hydrogen) atoms. The summed E-state index contributed by atoms with van der Waals surface area (Å²) in [5.74, 6) is 0.114. The van der Waals surface area contributed by atoms with E-state index in [9.17, 15) is 4.79 Å². The van der Waals surface area contributed by atoms with Crippen LogP contribution in [0.2, 0.25) is 0 Å². The summed E-state index contributed by atoms with van der Waals surface area (Å²) in [5.41, 5.74) is 1.67. The molecule has 2 heterocycles. The monoisotopic (exact) mass is 424 g/mol. The Bertz CT molecular complexity index is 973. The van der Waals surface area contributed by atoms with Crippen molar-refractivity contribution in [1.82, 2.24) is 15.1 Å². The van der Waals surface area contributed by atoms with Crippen LogP contribution in [-0.4, -0.2) is 38.4 Å². The lowest BCUT2D eigenvalue weighted by Gasteiger charge is -2.22. The highest BCUT2D eigenvalue weighted by atomic mass is 32.2. The molecule has 0 spiro atoms. The Balaban J connectivity index is 1.50. The second-order valence-corrected chi connectivity index (χ2v) is 8.38. The predicted molar refractivity (Wildman–Crippen MR) is 119 cm³/mol. The molecular weight excluding hydrogens is 404 g/mol. The molecule has 6 nitrogen and oxygen atoms in total. The van der Waals surface area contributed by atoms with Crippen LogP contribution in [0.5, 0.6) is 0 Å². The Kier molecular flexibility index (Phi) is 6.21. The Labute approximate surface area is 178 Å². The van der Waals surface area contributed by atoms with Gasteiger partial charge < -0.3 is 9.32 Å². The van der Waals surface area contributed by atoms with Gasteiger partial charge in [0.1, 0.15) is 9.57 Å². The van der Waals surface area contributed by atoms with E-state index in [-0.39, 0.29) is 11.9 Å². The largest absolute Gasteiger partial charge is 0.403 e. The topological polar surface area (TPSA) is 71.3 Å². The number of amides is 1. The average Bonchev–Trinajstić information content (AvgIpc) is 3.45. The smallest absolute Gasteiger partial charge is 0.322 e. The first kappa shape index (κ1) is 19.6. The Morgan fingerprint density at radius 2 is 1.69 bits per heavy atom. The summed E-state index contributed by atoms with van der Waals surface area (Å²) in [6.45, 7) is 1.89. The maximum atomic E-state index is 13.1. The average molecular weight is 425 g/mol. The Hall–Kier alpha value is -2.71. The number of benzene rings is 2. The van der Waals surface area contributed by atoms with E-state index in [1.165, 1.54) is 11.8 Å². The molecule has 1 saturated heterocycles. The van der Waals surface area contributed by atoms with Crippen LogP contribution in [0.15, 0.2) is 65.1 Å². The molecule has 8 heteroatoms. The molecule has 1 aromatic heterocycles. The molecule has 1 amide bonds. The number of hydrogen-bond acceptors (Lipinski definition) is 6. The number of thiocarbonyl (C=S) groups is 1. The molecule has 2 aromatic carbocycles. The second kappa shape index (κ2) is 9.19. The predicted octanol–water partition coefficient (Wildman–Crippen LogP) is 4.53. The van der Waals surface area contributed by atoms with Crippen LogP contribution in [-0.2, 0) is 4.79 Å². The van der Waals surface area contributed by atoms with Crippen molar-refractivity contribution >= 4 is 40.2 Å². The zero-order valence-corrected chi connectivity index (χ0v) is 17.3. The third-order valence-corrected chi connectivity index (χ3v) is 6.33. The van der Waals surface area contributed by atoms with Gasteiger partial charge in [0.05, 0.1) is 0 Å². The fourth-order valence-electron chi connectivity index (χ4n) is 3.12. The van der Waals surface area contributed by atoms with Gasteiger partial charge in [-0.05, 0) is 30.5 Å². The first-order chi connectivity index (χ1) is 14.2. The van der Waals surface area contributed by atoms with Crippen LogP contribution in [0, 0.1) is 0 Å². The minimum absolute atomic E-state index is 0.0717. The molecule has 1 unspecified atom stereocenters. The summed E-state index contributed by atoms with van der Waals surface area (Å²) in [6, 6.07) is 19.1. The van der Waals surface area contributed by atoms with Gasteiger partial charge in [-0.3, -0.25) is 10.1 Å². The van der Waals surface area contributed by atoms with E-state index in [0.29, 0.717) is 5.89 Å². The molecule has 1 fully saturated rings. The normalized spacial score (nSPS) is 14.6. The first-order valence-electron chi connectivity index (χ1n) is 9.41. The van der Waals surface area contributed by atoms with Gasteiger partial charge in [0.25, 0.3) is 0 Å². The van der Waals surface area contributed by atoms with E-state index in [2.05, 4.69) is 20.4 Å². The van der Waals surface area contributed by atoms with Crippen molar-refractivity contribution in [2.24, 2.45) is 0 Å². The molecule has 3 aromatic rings. The number of nitrogens with one attached hydrogen (secondary N) is 1. The number of aromatic nitrogens is 2. The van der Waals surface area contributed by atoms with Gasteiger partial charge in [-0.15, -0.1) is 5.10 Å². The summed E-state index contributed by atoms with van der Waals surface area (Å²) in [4.78, 5) is 15.2. The molecular formula is C21H20N4O2S2. The van der Waals surface area contributed by atoms with E-state index in [1.54, 1.807) is 0 Å². The summed E-state index contributed by atoms with van der Waals surface area (Å²) < 4.78 is 6.36. The Morgan fingerprint density at radius 3 is 2.38 bits per heavy atom. The molecule has 1 aliphatic heterocycles. The fraction of sp³-hybridized carbons (Fsp3) is 0.238. The maximum absolute atomic E-state index is 13.1. The molecule has 0 aliphatic carbocycles. The maximum Gasteiger partial charge on any atom is 0.322 e. The van der Waals surface area contributed by atoms with Crippen molar-refractivity contribution in [3.05, 3.63) is 66.2 Å². The lowest BCUT2D eigenvalue weighted by molar-refractivity contribution is -0.115. The van der Waals surface area contributed by atoms with Crippen molar-refractivity contribution in [2.75, 3.05) is 18.4 Å². The number of nitrogens with zero attached hydrogens (tertiary/aromatic N) is 3. The number of likely N-dealkylation sites (tertiary alicyclic amines) is 1. The zero-order chi connectivity index (χ0) is 20.1. The van der Waals surface area contributed by atoms with Crippen LogP contribution < -0.4 is 5.32 Å². The van der Waals surface area contributed by atoms with Crippen molar-refractivity contribution in [1.29, 1.82) is 0 Å². The highest BCUT2D eigenvalue weighted by molar-refractivity contribution is 8.23. The highest BCUT2D eigenvalue weighted by Gasteiger charge is 2.27. The number of anilines is 1. The second-order valence-electron chi connectivity index (χ2n) is 6.64. The summed E-state index contributed by atoms with van der Waals surface area (Å²) in [6.07, 6.45) is 2.26. The molecule has 1 N–H and O–H groups in total. The molecule has 0 bridgehead atoms. The third kappa shape index (κ3) is 4.83. The molecule has 148 valence electrons. The van der Waals surface area contributed by atoms with Gasteiger partial charge in [-0.25, -0.2) is 0 Å². The van der Waals surface area contributed by atoms with Crippen molar-refractivity contribution in [3.63, 3.8) is 0 Å². The highest BCUT2D eigenvalue weighted by Crippen LogP contribution is 2.33. The van der Waals surface area contributed by atoms with Crippen LogP contribution in [0.3, 0.4) is 0 Å². The van der Waals surface area contributed by atoms with Crippen molar-refractivity contribution in [2.45, 2.75) is 18.1 Å². The summed E-state index contributed by atoms with van der Waals surface area (Å²) >= 11 is 6.98. The van der Waals surface area contributed by atoms with Crippen LogP contribution in [0.4, 0.5) is 6.01 Å². The van der Waals surface area contributed by atoms with Crippen molar-refractivity contribution in [3.8, 4) is 11.5 Å². The standard InChI is InChI=1S/C21H20N4O2S2/c26-18(22-20-24-23-19(27-20)16-11-5-2-6-12-16)17(15-9-3-1-4-10-15)29-21(28)25-13-7-8-14-25/h1-6,9-12,17H,7-8,13-14H2,(H,22,24,26). The van der Waals surface area contributed by atoms with Gasteiger partial charge in [0, 0.05) is 18.7 Å². The lowest BCUT2D eigenvalue weighted by atomic mass is 10.1. The van der Waals surface area contributed by atoms with Gasteiger partial charge >= 0.3 is 6.01 Å². The molecule has 0 saturated carbocycles. The summed E-state index contributed by atoms with van der Waals surface area (Å²) in [5, 5.41) is 10.2. The van der Waals surface area contributed by atoms with E-state index in [4.69, 9.17) is 16.6 Å². The van der Waals surface area contributed by atoms with Crippen LogP contribution >= 0.6 is 24.0 Å². The number of hydrogen-bond donors (Lipinski definition) is 1. The minimum Gasteiger partial charge on any atom is -0.403 e. The molecule has 4 rings (SSSR count). The number of thioether (sulfide) groups is 1. The van der Waals surface area contributed by atoms with Gasteiger partial charge in [-0.2, -0.15) is 0 Å². The van der Waals surface area contributed by atoms with E-state index < -0.39 is 5.25 Å². The van der Waals surface area contributed by atoms with E-state index >= 15 is 0 Å². The summed E-state index contributed by atoms with van der Waals surface area (Å²) in [7, 11) is 0. The van der Waals surface area contributed by atoms with Gasteiger partial charge in [0.2, 0.25) is 11.8 Å². The lowest BCUT2D eigenvalue weighted by Crippen LogP contribution is -2.27. The van der Waals surface area contributed by atoms with E-state index in [1.807, 2.05) is 60.7 Å². The molecule has 0 radical (unpaired) electrons. The number of rotatable bonds is 5. The van der Waals surface area contributed by atoms with E-state index in [0.717, 1.165) is 41.4 Å².